The molecule has 0 saturated heterocycles. The van der Waals surface area contributed by atoms with Crippen molar-refractivity contribution >= 4 is 41.1 Å². The molecule has 0 unspecified atom stereocenters. The van der Waals surface area contributed by atoms with Crippen LogP contribution in [0.2, 0.25) is 0 Å². The van der Waals surface area contributed by atoms with Crippen molar-refractivity contribution in [2.24, 2.45) is 0 Å². The zero-order chi connectivity index (χ0) is 22.3. The van der Waals surface area contributed by atoms with Crippen molar-refractivity contribution in [2.45, 2.75) is 20.9 Å². The molecular weight excluding hydrogens is 465 g/mol. The highest BCUT2D eigenvalue weighted by Crippen LogP contribution is 2.37. The van der Waals surface area contributed by atoms with Crippen molar-refractivity contribution in [3.63, 3.8) is 0 Å². The molecule has 15 heteroatoms. The largest absolute Gasteiger partial charge is 0.413 e. The molecule has 2 aromatic carbocycles. The zero-order valence-electron chi connectivity index (χ0n) is 14.0. The number of benzene rings is 2. The van der Waals surface area contributed by atoms with Crippen LogP contribution in [0.5, 0.6) is 0 Å². The fraction of sp³-hybridized carbons (Fsp3) is 0.143. The van der Waals surface area contributed by atoms with Crippen molar-refractivity contribution < 1.29 is 51.3 Å². The minimum Gasteiger partial charge on any atom is -0.388 e. The van der Waals surface area contributed by atoms with Gasteiger partial charge in [0, 0.05) is 5.39 Å². The van der Waals surface area contributed by atoms with E-state index in [1.165, 1.54) is 12.1 Å². The van der Waals surface area contributed by atoms with Gasteiger partial charge in [-0.05, 0) is 11.5 Å². The van der Waals surface area contributed by atoms with Crippen LogP contribution < -0.4 is 0 Å². The van der Waals surface area contributed by atoms with Gasteiger partial charge in [0.1, 0.15) is 14.7 Å². The SMILES string of the molecule is C=COS(=O)(=O)c1c(S(=O)(=O)O)cc2ccccc2c1S(=O)(=O)OCC(F)(F)F. The summed E-state index contributed by atoms with van der Waals surface area (Å²) in [5, 5.41) is -0.722. The molecular formula is C14H11F3O9S3. The summed E-state index contributed by atoms with van der Waals surface area (Å²) < 4.78 is 128. The van der Waals surface area contributed by atoms with Crippen LogP contribution in [0.15, 0.2) is 57.9 Å². The van der Waals surface area contributed by atoms with Crippen LogP contribution in [0.3, 0.4) is 0 Å². The average molecular weight is 476 g/mol. The Morgan fingerprint density at radius 2 is 1.59 bits per heavy atom. The molecule has 0 atom stereocenters. The Morgan fingerprint density at radius 1 is 1.00 bits per heavy atom. The van der Waals surface area contributed by atoms with Gasteiger partial charge < -0.3 is 4.18 Å². The summed E-state index contributed by atoms with van der Waals surface area (Å²) in [6.07, 6.45) is -4.80. The molecule has 0 fully saturated rings. The molecule has 0 heterocycles. The van der Waals surface area contributed by atoms with Crippen molar-refractivity contribution in [2.75, 3.05) is 6.61 Å². The monoisotopic (exact) mass is 476 g/mol. The molecule has 0 radical (unpaired) electrons. The zero-order valence-corrected chi connectivity index (χ0v) is 16.4. The lowest BCUT2D eigenvalue weighted by Gasteiger charge is -2.16. The molecule has 0 aliphatic carbocycles. The number of hydrogen-bond donors (Lipinski definition) is 1. The Morgan fingerprint density at radius 3 is 2.10 bits per heavy atom. The molecule has 0 amide bonds. The number of rotatable bonds is 7. The fourth-order valence-corrected chi connectivity index (χ4v) is 6.32. The number of alkyl halides is 3. The van der Waals surface area contributed by atoms with Crippen LogP contribution in [0.25, 0.3) is 10.8 Å². The fourth-order valence-electron chi connectivity index (χ4n) is 2.29. The van der Waals surface area contributed by atoms with Crippen LogP contribution in [0.1, 0.15) is 0 Å². The van der Waals surface area contributed by atoms with Crippen molar-refractivity contribution in [3.8, 4) is 0 Å². The van der Waals surface area contributed by atoms with Gasteiger partial charge >= 0.3 is 16.3 Å². The van der Waals surface area contributed by atoms with E-state index in [0.717, 1.165) is 12.1 Å². The van der Waals surface area contributed by atoms with Gasteiger partial charge in [-0.1, -0.05) is 30.8 Å². The summed E-state index contributed by atoms with van der Waals surface area (Å²) in [5.74, 6) is 0. The molecule has 9 nitrogen and oxygen atoms in total. The highest BCUT2D eigenvalue weighted by atomic mass is 32.2. The summed E-state index contributed by atoms with van der Waals surface area (Å²) in [5.41, 5.74) is 0. The molecule has 0 aliphatic rings. The summed E-state index contributed by atoms with van der Waals surface area (Å²) >= 11 is 0. The Balaban J connectivity index is 3.08. The summed E-state index contributed by atoms with van der Waals surface area (Å²) in [4.78, 5) is -4.51. The van der Waals surface area contributed by atoms with Gasteiger partial charge in [0.2, 0.25) is 0 Å². The third-order valence-corrected chi connectivity index (χ3v) is 7.07. The molecule has 0 aromatic heterocycles. The molecule has 0 saturated carbocycles. The van der Waals surface area contributed by atoms with E-state index in [-0.39, 0.29) is 5.39 Å². The lowest BCUT2D eigenvalue weighted by atomic mass is 10.1. The van der Waals surface area contributed by atoms with Crippen LogP contribution in [-0.2, 0) is 38.7 Å². The summed E-state index contributed by atoms with van der Waals surface area (Å²) in [6, 6.07) is 5.27. The van der Waals surface area contributed by atoms with Gasteiger partial charge in [0.25, 0.3) is 20.2 Å². The third kappa shape index (κ3) is 5.05. The highest BCUT2D eigenvalue weighted by Gasteiger charge is 2.39. The minimum absolute atomic E-state index is 0.230. The van der Waals surface area contributed by atoms with Crippen LogP contribution in [-0.4, -0.2) is 42.6 Å². The molecule has 29 heavy (non-hydrogen) atoms. The van der Waals surface area contributed by atoms with E-state index in [2.05, 4.69) is 14.9 Å². The number of halogens is 3. The Bertz CT molecular complexity index is 1280. The minimum atomic E-state index is -5.52. The molecule has 1 N–H and O–H groups in total. The first-order valence-corrected chi connectivity index (χ1v) is 11.4. The van der Waals surface area contributed by atoms with Gasteiger partial charge in [-0.15, -0.1) is 0 Å². The van der Waals surface area contributed by atoms with Gasteiger partial charge in [0.15, 0.2) is 6.61 Å². The maximum atomic E-state index is 12.5. The van der Waals surface area contributed by atoms with Crippen LogP contribution in [0, 0.1) is 0 Å². The van der Waals surface area contributed by atoms with Crippen molar-refractivity contribution in [1.29, 1.82) is 0 Å². The molecule has 0 spiro atoms. The number of hydrogen-bond acceptors (Lipinski definition) is 8. The van der Waals surface area contributed by atoms with E-state index in [4.69, 9.17) is 0 Å². The first-order chi connectivity index (χ1) is 13.1. The lowest BCUT2D eigenvalue weighted by Crippen LogP contribution is -2.23. The van der Waals surface area contributed by atoms with Gasteiger partial charge in [-0.3, -0.25) is 8.74 Å². The topological polar surface area (TPSA) is 141 Å². The maximum Gasteiger partial charge on any atom is 0.413 e. The van der Waals surface area contributed by atoms with E-state index in [1.807, 2.05) is 0 Å². The predicted octanol–water partition coefficient (Wildman–Crippen LogP) is 2.20. The molecule has 160 valence electrons. The van der Waals surface area contributed by atoms with Crippen molar-refractivity contribution in [3.05, 3.63) is 43.2 Å². The smallest absolute Gasteiger partial charge is 0.388 e. The first kappa shape index (κ1) is 23.1. The van der Waals surface area contributed by atoms with Crippen molar-refractivity contribution in [1.82, 2.24) is 0 Å². The second kappa shape index (κ2) is 7.56. The second-order valence-corrected chi connectivity index (χ2v) is 9.73. The van der Waals surface area contributed by atoms with E-state index < -0.39 is 63.2 Å². The van der Waals surface area contributed by atoms with Gasteiger partial charge in [-0.25, -0.2) is 0 Å². The quantitative estimate of drug-likeness (QED) is 0.362. The van der Waals surface area contributed by atoms with Crippen LogP contribution >= 0.6 is 0 Å². The Labute approximate surface area is 163 Å². The average Bonchev–Trinajstić information content (AvgIpc) is 2.57. The Kier molecular flexibility index (Phi) is 6.02. The lowest BCUT2D eigenvalue weighted by molar-refractivity contribution is -0.152. The molecule has 2 rings (SSSR count). The normalized spacial score (nSPS) is 13.4. The van der Waals surface area contributed by atoms with E-state index >= 15 is 0 Å². The van der Waals surface area contributed by atoms with Gasteiger partial charge in [0.05, 0.1) is 6.26 Å². The summed E-state index contributed by atoms with van der Waals surface area (Å²) in [7, 11) is -16.2. The second-order valence-electron chi connectivity index (χ2n) is 5.28. The van der Waals surface area contributed by atoms with E-state index in [1.54, 1.807) is 0 Å². The Hall–Kier alpha value is -2.20. The van der Waals surface area contributed by atoms with Gasteiger partial charge in [-0.2, -0.15) is 38.4 Å². The standard InChI is InChI=1S/C14H11F3O9S3/c1-2-25-29(23,24)13-11(27(18,19)20)7-9-5-3-4-6-10(9)12(13)28(21,22)26-8-14(15,16)17/h2-7H,1,8H2,(H,18,19,20). The maximum absolute atomic E-state index is 12.5. The third-order valence-electron chi connectivity index (χ3n) is 3.27. The first-order valence-electron chi connectivity index (χ1n) is 7.14. The van der Waals surface area contributed by atoms with Crippen LogP contribution in [0.4, 0.5) is 13.2 Å². The summed E-state index contributed by atoms with van der Waals surface area (Å²) in [6.45, 7) is 0.625. The van der Waals surface area contributed by atoms with E-state index in [0.29, 0.717) is 12.3 Å². The molecule has 2 aromatic rings. The predicted molar refractivity (Wildman–Crippen MR) is 91.4 cm³/mol. The molecule has 0 bridgehead atoms. The number of fused-ring (bicyclic) bond motifs is 1. The van der Waals surface area contributed by atoms with E-state index in [9.17, 15) is 43.0 Å². The highest BCUT2D eigenvalue weighted by molar-refractivity contribution is 7.91. The molecule has 0 aliphatic heterocycles.